The Bertz CT molecular complexity index is 614. The highest BCUT2D eigenvalue weighted by atomic mass is 35.5. The smallest absolute Gasteiger partial charge is 0.135 e. The Balaban J connectivity index is 1.87. The first-order valence-electron chi connectivity index (χ1n) is 6.81. The second-order valence-corrected chi connectivity index (χ2v) is 6.34. The summed E-state index contributed by atoms with van der Waals surface area (Å²) in [6.45, 7) is 2.94. The SMILES string of the molecule is CCNc1cc(Sc2cccc(Cl)c2)nc(C2CC2)n1. The number of aromatic nitrogens is 2. The Kier molecular flexibility index (Phi) is 4.13. The molecule has 0 radical (unpaired) electrons. The topological polar surface area (TPSA) is 37.8 Å². The molecular weight excluding hydrogens is 290 g/mol. The van der Waals surface area contributed by atoms with Gasteiger partial charge in [0.25, 0.3) is 0 Å². The van der Waals surface area contributed by atoms with Crippen LogP contribution in [0.25, 0.3) is 0 Å². The maximum Gasteiger partial charge on any atom is 0.135 e. The number of benzene rings is 1. The summed E-state index contributed by atoms with van der Waals surface area (Å²) in [7, 11) is 0. The van der Waals surface area contributed by atoms with Crippen LogP contribution in [0.3, 0.4) is 0 Å². The largest absolute Gasteiger partial charge is 0.370 e. The first kappa shape index (κ1) is 13.7. The molecule has 0 saturated heterocycles. The van der Waals surface area contributed by atoms with E-state index in [0.29, 0.717) is 5.92 Å². The fraction of sp³-hybridized carbons (Fsp3) is 0.333. The number of rotatable bonds is 5. The molecule has 104 valence electrons. The first-order valence-corrected chi connectivity index (χ1v) is 8.00. The zero-order valence-corrected chi connectivity index (χ0v) is 12.8. The van der Waals surface area contributed by atoms with Crippen molar-refractivity contribution >= 4 is 29.2 Å². The minimum absolute atomic E-state index is 0.548. The molecule has 3 nitrogen and oxygen atoms in total. The van der Waals surface area contributed by atoms with Crippen LogP contribution in [0.4, 0.5) is 5.82 Å². The maximum atomic E-state index is 6.03. The lowest BCUT2D eigenvalue weighted by atomic mass is 10.4. The van der Waals surface area contributed by atoms with Gasteiger partial charge in [-0.1, -0.05) is 29.4 Å². The van der Waals surface area contributed by atoms with Crippen molar-refractivity contribution in [3.63, 3.8) is 0 Å². The fourth-order valence-electron chi connectivity index (χ4n) is 1.94. The predicted molar refractivity (Wildman–Crippen MR) is 83.7 cm³/mol. The summed E-state index contributed by atoms with van der Waals surface area (Å²) in [5.41, 5.74) is 0. The van der Waals surface area contributed by atoms with Crippen LogP contribution in [-0.4, -0.2) is 16.5 Å². The number of nitrogens with one attached hydrogen (secondary N) is 1. The summed E-state index contributed by atoms with van der Waals surface area (Å²) in [5.74, 6) is 2.43. The zero-order chi connectivity index (χ0) is 13.9. The van der Waals surface area contributed by atoms with Crippen molar-refractivity contribution in [3.8, 4) is 0 Å². The van der Waals surface area contributed by atoms with E-state index in [1.54, 1.807) is 11.8 Å². The van der Waals surface area contributed by atoms with E-state index in [0.717, 1.165) is 33.1 Å². The van der Waals surface area contributed by atoms with Gasteiger partial charge >= 0.3 is 0 Å². The number of hydrogen-bond acceptors (Lipinski definition) is 4. The van der Waals surface area contributed by atoms with Crippen molar-refractivity contribution in [1.82, 2.24) is 9.97 Å². The highest BCUT2D eigenvalue weighted by molar-refractivity contribution is 7.99. The average molecular weight is 306 g/mol. The van der Waals surface area contributed by atoms with Crippen molar-refractivity contribution in [2.45, 2.75) is 35.6 Å². The van der Waals surface area contributed by atoms with E-state index in [-0.39, 0.29) is 0 Å². The molecule has 0 aliphatic heterocycles. The number of nitrogens with zero attached hydrogens (tertiary/aromatic N) is 2. The number of halogens is 1. The Labute approximate surface area is 128 Å². The Morgan fingerprint density at radius 2 is 2.15 bits per heavy atom. The highest BCUT2D eigenvalue weighted by Crippen LogP contribution is 2.39. The van der Waals surface area contributed by atoms with Crippen LogP contribution in [0, 0.1) is 0 Å². The van der Waals surface area contributed by atoms with Gasteiger partial charge in [0, 0.05) is 28.4 Å². The monoisotopic (exact) mass is 305 g/mol. The van der Waals surface area contributed by atoms with Crippen LogP contribution in [0.2, 0.25) is 5.02 Å². The number of anilines is 1. The van der Waals surface area contributed by atoms with Crippen LogP contribution in [0.1, 0.15) is 31.5 Å². The third kappa shape index (κ3) is 3.44. The molecule has 1 heterocycles. The van der Waals surface area contributed by atoms with Gasteiger partial charge in [0.1, 0.15) is 16.7 Å². The second kappa shape index (κ2) is 6.02. The predicted octanol–water partition coefficient (Wildman–Crippen LogP) is 4.59. The van der Waals surface area contributed by atoms with Crippen molar-refractivity contribution in [2.24, 2.45) is 0 Å². The first-order chi connectivity index (χ1) is 9.74. The summed E-state index contributed by atoms with van der Waals surface area (Å²) >= 11 is 7.65. The van der Waals surface area contributed by atoms with Crippen LogP contribution in [-0.2, 0) is 0 Å². The molecule has 2 aromatic rings. The van der Waals surface area contributed by atoms with Crippen LogP contribution in [0.5, 0.6) is 0 Å². The third-order valence-corrected chi connectivity index (χ3v) is 4.18. The molecule has 0 bridgehead atoms. The van der Waals surface area contributed by atoms with E-state index >= 15 is 0 Å². The molecular formula is C15H16ClN3S. The minimum atomic E-state index is 0.548. The van der Waals surface area contributed by atoms with Gasteiger partial charge in [0.05, 0.1) is 0 Å². The molecule has 20 heavy (non-hydrogen) atoms. The highest BCUT2D eigenvalue weighted by Gasteiger charge is 2.27. The van der Waals surface area contributed by atoms with Crippen LogP contribution < -0.4 is 5.32 Å². The molecule has 0 spiro atoms. The summed E-state index contributed by atoms with van der Waals surface area (Å²) < 4.78 is 0. The van der Waals surface area contributed by atoms with Crippen molar-refractivity contribution in [3.05, 3.63) is 41.2 Å². The maximum absolute atomic E-state index is 6.03. The molecule has 1 N–H and O–H groups in total. The quantitative estimate of drug-likeness (QED) is 0.820. The summed E-state index contributed by atoms with van der Waals surface area (Å²) in [6.07, 6.45) is 2.41. The Morgan fingerprint density at radius 3 is 2.85 bits per heavy atom. The summed E-state index contributed by atoms with van der Waals surface area (Å²) in [4.78, 5) is 10.4. The van der Waals surface area contributed by atoms with Gasteiger partial charge < -0.3 is 5.32 Å². The molecule has 1 aliphatic rings. The second-order valence-electron chi connectivity index (χ2n) is 4.81. The van der Waals surface area contributed by atoms with Crippen molar-refractivity contribution in [1.29, 1.82) is 0 Å². The Morgan fingerprint density at radius 1 is 1.30 bits per heavy atom. The molecule has 1 aromatic carbocycles. The lowest BCUT2D eigenvalue weighted by Crippen LogP contribution is -2.03. The molecule has 1 aromatic heterocycles. The van der Waals surface area contributed by atoms with E-state index in [9.17, 15) is 0 Å². The van der Waals surface area contributed by atoms with Crippen LogP contribution in [0.15, 0.2) is 40.3 Å². The van der Waals surface area contributed by atoms with E-state index in [1.807, 2.05) is 30.3 Å². The van der Waals surface area contributed by atoms with Gasteiger partial charge in [0.15, 0.2) is 0 Å². The van der Waals surface area contributed by atoms with E-state index in [1.165, 1.54) is 12.8 Å². The molecule has 0 atom stereocenters. The summed E-state index contributed by atoms with van der Waals surface area (Å²) in [5, 5.41) is 5.00. The molecule has 1 fully saturated rings. The van der Waals surface area contributed by atoms with Gasteiger partial charge in [-0.25, -0.2) is 9.97 Å². The lowest BCUT2D eigenvalue weighted by molar-refractivity contribution is 0.877. The molecule has 1 aliphatic carbocycles. The lowest BCUT2D eigenvalue weighted by Gasteiger charge is -2.08. The molecule has 0 unspecified atom stereocenters. The Hall–Kier alpha value is -1.26. The van der Waals surface area contributed by atoms with Gasteiger partial charge in [-0.05, 0) is 38.0 Å². The van der Waals surface area contributed by atoms with Gasteiger partial charge in [0.2, 0.25) is 0 Å². The van der Waals surface area contributed by atoms with Crippen LogP contribution >= 0.6 is 23.4 Å². The van der Waals surface area contributed by atoms with Gasteiger partial charge in [-0.2, -0.15) is 0 Å². The molecule has 5 heteroatoms. The van der Waals surface area contributed by atoms with E-state index in [4.69, 9.17) is 11.6 Å². The van der Waals surface area contributed by atoms with E-state index < -0.39 is 0 Å². The number of hydrogen-bond donors (Lipinski definition) is 1. The summed E-state index contributed by atoms with van der Waals surface area (Å²) in [6, 6.07) is 9.84. The van der Waals surface area contributed by atoms with Crippen molar-refractivity contribution < 1.29 is 0 Å². The third-order valence-electron chi connectivity index (χ3n) is 3.04. The average Bonchev–Trinajstić information content (AvgIpc) is 3.23. The molecule has 3 rings (SSSR count). The molecule has 0 amide bonds. The van der Waals surface area contributed by atoms with Gasteiger partial charge in [-0.15, -0.1) is 0 Å². The fourth-order valence-corrected chi connectivity index (χ4v) is 3.08. The van der Waals surface area contributed by atoms with Crippen molar-refractivity contribution in [2.75, 3.05) is 11.9 Å². The molecule has 1 saturated carbocycles. The minimum Gasteiger partial charge on any atom is -0.370 e. The van der Waals surface area contributed by atoms with E-state index in [2.05, 4.69) is 22.2 Å². The zero-order valence-electron chi connectivity index (χ0n) is 11.3. The van der Waals surface area contributed by atoms with Gasteiger partial charge in [-0.3, -0.25) is 0 Å². The standard InChI is InChI=1S/C15H16ClN3S/c1-2-17-13-9-14(19-15(18-13)10-6-7-10)20-12-5-3-4-11(16)8-12/h3-5,8-10H,2,6-7H2,1H3,(H,17,18,19). The normalized spacial score (nSPS) is 14.3.